The first-order chi connectivity index (χ1) is 14.8. The van der Waals surface area contributed by atoms with Crippen LogP contribution in [0.3, 0.4) is 0 Å². The molecule has 4 rings (SSSR count). The number of carbonyl (C=O) groups excluding carboxylic acids is 1. The first-order valence-corrected chi connectivity index (χ1v) is 11.3. The first kappa shape index (κ1) is 21.9. The van der Waals surface area contributed by atoms with E-state index in [1.807, 2.05) is 17.0 Å². The zero-order valence-corrected chi connectivity index (χ0v) is 18.2. The minimum Gasteiger partial charge on any atom is -0.356 e. The molecule has 1 N–H and O–H groups in total. The highest BCUT2D eigenvalue weighted by atomic mass is 35.5. The molecule has 1 saturated heterocycles. The van der Waals surface area contributed by atoms with Crippen LogP contribution in [0.1, 0.15) is 24.0 Å². The van der Waals surface area contributed by atoms with Crippen LogP contribution in [0, 0.1) is 5.92 Å². The number of aromatic nitrogens is 1. The molecular weight excluding hydrogens is 447 g/mol. The molecule has 0 aliphatic carbocycles. The van der Waals surface area contributed by atoms with Gasteiger partial charge in [-0.15, -0.1) is 11.3 Å². The van der Waals surface area contributed by atoms with E-state index in [4.69, 9.17) is 11.6 Å². The van der Waals surface area contributed by atoms with E-state index in [-0.39, 0.29) is 16.8 Å². The molecule has 164 valence electrons. The molecule has 0 unspecified atom stereocenters. The number of hydrogen-bond acceptors (Lipinski definition) is 4. The second-order valence-corrected chi connectivity index (χ2v) is 8.91. The first-order valence-electron chi connectivity index (χ1n) is 10.0. The lowest BCUT2D eigenvalue weighted by Crippen LogP contribution is -2.41. The third-order valence-electron chi connectivity index (χ3n) is 5.57. The highest BCUT2D eigenvalue weighted by molar-refractivity contribution is 7.17. The van der Waals surface area contributed by atoms with E-state index in [1.54, 1.807) is 11.3 Å². The number of amides is 1. The van der Waals surface area contributed by atoms with Crippen LogP contribution in [0.15, 0.2) is 41.9 Å². The molecule has 1 aliphatic rings. The fourth-order valence-electron chi connectivity index (χ4n) is 3.86. The fraction of sp³-hybridized carbons (Fsp3) is 0.364. The quantitative estimate of drug-likeness (QED) is 0.535. The number of nitrogens with zero attached hydrogens (tertiary/aromatic N) is 2. The van der Waals surface area contributed by atoms with Crippen molar-refractivity contribution in [2.24, 2.45) is 5.92 Å². The van der Waals surface area contributed by atoms with E-state index in [9.17, 15) is 18.0 Å². The van der Waals surface area contributed by atoms with E-state index in [1.165, 1.54) is 15.6 Å². The molecule has 1 amide bonds. The van der Waals surface area contributed by atoms with Gasteiger partial charge in [-0.1, -0.05) is 29.8 Å². The van der Waals surface area contributed by atoms with Crippen molar-refractivity contribution in [3.8, 4) is 0 Å². The van der Waals surface area contributed by atoms with Gasteiger partial charge in [-0.25, -0.2) is 4.98 Å². The molecule has 3 heterocycles. The summed E-state index contributed by atoms with van der Waals surface area (Å²) in [6.45, 7) is 1.61. The van der Waals surface area contributed by atoms with Crippen LogP contribution in [0.2, 0.25) is 5.02 Å². The second-order valence-electron chi connectivity index (χ2n) is 7.59. The summed E-state index contributed by atoms with van der Waals surface area (Å²) in [5, 5.41) is 6.37. The van der Waals surface area contributed by atoms with Gasteiger partial charge in [0.1, 0.15) is 5.82 Å². The Morgan fingerprint density at radius 1 is 1.26 bits per heavy atom. The molecule has 0 bridgehead atoms. The maximum atomic E-state index is 12.8. The van der Waals surface area contributed by atoms with Gasteiger partial charge in [0.2, 0.25) is 5.91 Å². The summed E-state index contributed by atoms with van der Waals surface area (Å²) >= 11 is 7.75. The minimum absolute atomic E-state index is 0.0191. The number of alkyl halides is 3. The number of thiophene rings is 1. The Morgan fingerprint density at radius 2 is 2.00 bits per heavy atom. The van der Waals surface area contributed by atoms with Crippen molar-refractivity contribution >= 4 is 44.7 Å². The van der Waals surface area contributed by atoms with Crippen molar-refractivity contribution in [3.05, 3.63) is 58.1 Å². The van der Waals surface area contributed by atoms with Gasteiger partial charge in [0.05, 0.1) is 10.6 Å². The van der Waals surface area contributed by atoms with Gasteiger partial charge in [-0.05, 0) is 47.7 Å². The summed E-state index contributed by atoms with van der Waals surface area (Å²) in [6, 6.07) is 9.12. The Bertz CT molecular complexity index is 1080. The zero-order chi connectivity index (χ0) is 22.0. The summed E-state index contributed by atoms with van der Waals surface area (Å²) in [7, 11) is 0. The van der Waals surface area contributed by atoms with Crippen molar-refractivity contribution in [2.45, 2.75) is 25.4 Å². The van der Waals surface area contributed by atoms with E-state index < -0.39 is 11.7 Å². The SMILES string of the molecule is O=C(NCCc1csc2ccccc12)C1CCN(c2ncc(C(F)(F)F)cc2Cl)CC1. The van der Waals surface area contributed by atoms with E-state index >= 15 is 0 Å². The highest BCUT2D eigenvalue weighted by Gasteiger charge is 2.33. The number of pyridine rings is 1. The fourth-order valence-corrected chi connectivity index (χ4v) is 5.15. The van der Waals surface area contributed by atoms with Crippen LogP contribution in [0.5, 0.6) is 0 Å². The lowest BCUT2D eigenvalue weighted by Gasteiger charge is -2.32. The van der Waals surface area contributed by atoms with E-state index in [2.05, 4.69) is 27.8 Å². The summed E-state index contributed by atoms with van der Waals surface area (Å²) in [5.41, 5.74) is 0.368. The predicted octanol–water partition coefficient (Wildman–Crippen LogP) is 5.54. The number of nitrogens with one attached hydrogen (secondary N) is 1. The topological polar surface area (TPSA) is 45.2 Å². The number of benzene rings is 1. The normalized spacial score (nSPS) is 15.4. The van der Waals surface area contributed by atoms with Crippen LogP contribution in [0.4, 0.5) is 19.0 Å². The standard InChI is InChI=1S/C22H21ClF3N3OS/c23-18-11-16(22(24,25)26)12-28-20(18)29-9-6-14(7-10-29)21(30)27-8-5-15-13-31-19-4-2-1-3-17(15)19/h1-4,11-14H,5-10H2,(H,27,30). The Hall–Kier alpha value is -2.32. The van der Waals surface area contributed by atoms with Gasteiger partial charge >= 0.3 is 6.18 Å². The molecule has 0 spiro atoms. The predicted molar refractivity (Wildman–Crippen MR) is 118 cm³/mol. The second kappa shape index (κ2) is 9.04. The largest absolute Gasteiger partial charge is 0.417 e. The van der Waals surface area contributed by atoms with Crippen molar-refractivity contribution in [2.75, 3.05) is 24.5 Å². The van der Waals surface area contributed by atoms with Crippen LogP contribution in [-0.2, 0) is 17.4 Å². The van der Waals surface area contributed by atoms with Gasteiger partial charge in [0.25, 0.3) is 0 Å². The molecular formula is C22H21ClF3N3OS. The summed E-state index contributed by atoms with van der Waals surface area (Å²) < 4.78 is 39.6. The number of rotatable bonds is 5. The Kier molecular flexibility index (Phi) is 6.39. The Morgan fingerprint density at radius 3 is 2.71 bits per heavy atom. The molecule has 31 heavy (non-hydrogen) atoms. The van der Waals surface area contributed by atoms with Crippen molar-refractivity contribution in [3.63, 3.8) is 0 Å². The zero-order valence-electron chi connectivity index (χ0n) is 16.6. The lowest BCUT2D eigenvalue weighted by atomic mass is 9.95. The third-order valence-corrected chi connectivity index (χ3v) is 6.86. The number of piperidine rings is 1. The maximum absolute atomic E-state index is 12.8. The molecule has 9 heteroatoms. The van der Waals surface area contributed by atoms with Crippen LogP contribution in [0.25, 0.3) is 10.1 Å². The van der Waals surface area contributed by atoms with Crippen LogP contribution < -0.4 is 10.2 Å². The van der Waals surface area contributed by atoms with Gasteiger partial charge in [0.15, 0.2) is 0 Å². The van der Waals surface area contributed by atoms with Crippen molar-refractivity contribution in [1.29, 1.82) is 0 Å². The Labute approximate surface area is 187 Å². The lowest BCUT2D eigenvalue weighted by molar-refractivity contribution is -0.137. The van der Waals surface area contributed by atoms with Crippen LogP contribution in [-0.4, -0.2) is 30.5 Å². The smallest absolute Gasteiger partial charge is 0.356 e. The molecule has 0 atom stereocenters. The molecule has 3 aromatic rings. The average Bonchev–Trinajstić information content (AvgIpc) is 3.16. The van der Waals surface area contributed by atoms with Gasteiger partial charge in [-0.2, -0.15) is 13.2 Å². The van der Waals surface area contributed by atoms with E-state index in [0.29, 0.717) is 38.3 Å². The number of hydrogen-bond donors (Lipinski definition) is 1. The van der Waals surface area contributed by atoms with Gasteiger partial charge in [-0.3, -0.25) is 4.79 Å². The highest BCUT2D eigenvalue weighted by Crippen LogP contribution is 2.34. The van der Waals surface area contributed by atoms with Gasteiger partial charge in [0, 0.05) is 36.4 Å². The molecule has 2 aromatic heterocycles. The third kappa shape index (κ3) is 4.96. The number of fused-ring (bicyclic) bond motifs is 1. The van der Waals surface area contributed by atoms with Gasteiger partial charge < -0.3 is 10.2 Å². The maximum Gasteiger partial charge on any atom is 0.417 e. The minimum atomic E-state index is -4.48. The average molecular weight is 468 g/mol. The molecule has 1 fully saturated rings. The molecule has 0 saturated carbocycles. The molecule has 0 radical (unpaired) electrons. The summed E-state index contributed by atoms with van der Waals surface area (Å²) in [6.07, 6.45) is -1.69. The number of anilines is 1. The van der Waals surface area contributed by atoms with Crippen molar-refractivity contribution < 1.29 is 18.0 Å². The summed E-state index contributed by atoms with van der Waals surface area (Å²) in [5.74, 6) is 0.229. The Balaban J connectivity index is 1.28. The van der Waals surface area contributed by atoms with E-state index in [0.717, 1.165) is 18.7 Å². The summed E-state index contributed by atoms with van der Waals surface area (Å²) in [4.78, 5) is 18.3. The molecule has 4 nitrogen and oxygen atoms in total. The monoisotopic (exact) mass is 467 g/mol. The number of halogens is 4. The van der Waals surface area contributed by atoms with Crippen molar-refractivity contribution in [1.82, 2.24) is 10.3 Å². The molecule has 1 aromatic carbocycles. The number of carbonyl (C=O) groups is 1. The van der Waals surface area contributed by atoms with Crippen LogP contribution >= 0.6 is 22.9 Å². The molecule has 1 aliphatic heterocycles.